The van der Waals surface area contributed by atoms with E-state index in [1.54, 1.807) is 0 Å². The molecule has 0 saturated heterocycles. The molecule has 2 unspecified atom stereocenters. The molecule has 2 saturated carbocycles. The van der Waals surface area contributed by atoms with E-state index in [9.17, 15) is 9.59 Å². The highest BCUT2D eigenvalue weighted by molar-refractivity contribution is 5.78. The minimum absolute atomic E-state index is 0.507. The first-order chi connectivity index (χ1) is 16.6. The molecule has 0 spiro atoms. The van der Waals surface area contributed by atoms with Crippen LogP contribution in [0, 0.1) is 11.8 Å². The van der Waals surface area contributed by atoms with E-state index in [0.29, 0.717) is 23.4 Å². The Bertz CT molecular complexity index is 439. The van der Waals surface area contributed by atoms with Gasteiger partial charge in [0.05, 0.1) is 0 Å². The lowest BCUT2D eigenvalue weighted by Gasteiger charge is -2.10. The van der Waals surface area contributed by atoms with E-state index in [1.807, 2.05) is 0 Å². The van der Waals surface area contributed by atoms with Gasteiger partial charge < -0.3 is 0 Å². The lowest BCUT2D eigenvalue weighted by Crippen LogP contribution is -2.05. The van der Waals surface area contributed by atoms with E-state index in [1.165, 1.54) is 128 Å². The van der Waals surface area contributed by atoms with Crippen molar-refractivity contribution in [1.82, 2.24) is 0 Å². The number of carbonyl (C=O) groups is 2. The van der Waals surface area contributed by atoms with Crippen LogP contribution in [-0.4, -0.2) is 11.6 Å². The molecule has 0 aromatic carbocycles. The molecular weight excluding hydrogens is 416 g/mol. The van der Waals surface area contributed by atoms with Crippen LogP contribution < -0.4 is 0 Å². The SMILES string of the molecule is CC1CCCCCCCCCCCCC(=O)C1.CC1CCCCCCCCCCCCC(=O)C1. The van der Waals surface area contributed by atoms with Crippen molar-refractivity contribution in [3.63, 3.8) is 0 Å². The Morgan fingerprint density at radius 2 is 0.618 bits per heavy atom. The summed E-state index contributed by atoms with van der Waals surface area (Å²) in [6.45, 7) is 4.49. The summed E-state index contributed by atoms with van der Waals surface area (Å²) in [5, 5.41) is 0. The molecule has 0 aliphatic heterocycles. The van der Waals surface area contributed by atoms with Crippen molar-refractivity contribution >= 4 is 11.6 Å². The van der Waals surface area contributed by atoms with Crippen LogP contribution in [0.1, 0.15) is 181 Å². The van der Waals surface area contributed by atoms with Crippen molar-refractivity contribution in [3.8, 4) is 0 Å². The summed E-state index contributed by atoms with van der Waals surface area (Å²) in [4.78, 5) is 23.5. The first-order valence-electron chi connectivity index (χ1n) is 15.6. The molecule has 0 bridgehead atoms. The first kappa shape index (κ1) is 31.4. The van der Waals surface area contributed by atoms with Gasteiger partial charge in [-0.2, -0.15) is 0 Å². The molecule has 2 nitrogen and oxygen atoms in total. The molecule has 0 aromatic rings. The number of hydrogen-bond acceptors (Lipinski definition) is 2. The number of hydrogen-bond donors (Lipinski definition) is 0. The van der Waals surface area contributed by atoms with E-state index in [-0.39, 0.29) is 0 Å². The Morgan fingerprint density at radius 3 is 0.912 bits per heavy atom. The normalized spacial score (nSPS) is 27.1. The van der Waals surface area contributed by atoms with Gasteiger partial charge in [0, 0.05) is 25.7 Å². The minimum atomic E-state index is 0.507. The number of Topliss-reactive ketones (excluding diaryl/α,β-unsaturated/α-hetero) is 2. The summed E-state index contributed by atoms with van der Waals surface area (Å²) in [7, 11) is 0. The summed E-state index contributed by atoms with van der Waals surface area (Å²) in [6, 6.07) is 0. The van der Waals surface area contributed by atoms with Crippen molar-refractivity contribution in [2.45, 2.75) is 181 Å². The maximum Gasteiger partial charge on any atom is 0.133 e. The Hall–Kier alpha value is -0.660. The van der Waals surface area contributed by atoms with E-state index >= 15 is 0 Å². The number of ketones is 2. The summed E-state index contributed by atoms with van der Waals surface area (Å²) in [5.74, 6) is 2.25. The second-order valence-electron chi connectivity index (χ2n) is 11.8. The molecule has 0 N–H and O–H groups in total. The van der Waals surface area contributed by atoms with Gasteiger partial charge >= 0.3 is 0 Å². The van der Waals surface area contributed by atoms with Gasteiger partial charge in [0.2, 0.25) is 0 Å². The van der Waals surface area contributed by atoms with Gasteiger partial charge in [0.25, 0.3) is 0 Å². The first-order valence-corrected chi connectivity index (χ1v) is 15.6. The van der Waals surface area contributed by atoms with Gasteiger partial charge in [0.15, 0.2) is 0 Å². The largest absolute Gasteiger partial charge is 0.300 e. The average Bonchev–Trinajstić information content (AvgIpc) is 2.81. The van der Waals surface area contributed by atoms with Crippen LogP contribution in [0.4, 0.5) is 0 Å². The Morgan fingerprint density at radius 1 is 0.382 bits per heavy atom. The van der Waals surface area contributed by atoms with Crippen LogP contribution in [0.15, 0.2) is 0 Å². The molecule has 2 aliphatic carbocycles. The third-order valence-electron chi connectivity index (χ3n) is 7.96. The molecule has 2 heteroatoms. The maximum atomic E-state index is 11.7. The highest BCUT2D eigenvalue weighted by Crippen LogP contribution is 2.20. The summed E-state index contributed by atoms with van der Waals surface area (Å²) in [5.41, 5.74) is 0. The summed E-state index contributed by atoms with van der Waals surface area (Å²) in [6.07, 6.45) is 32.8. The van der Waals surface area contributed by atoms with E-state index in [2.05, 4.69) is 13.8 Å². The molecule has 2 fully saturated rings. The number of carbonyl (C=O) groups excluding carboxylic acids is 2. The van der Waals surface area contributed by atoms with Crippen LogP contribution in [0.2, 0.25) is 0 Å². The Kier molecular flexibility index (Phi) is 21.0. The smallest absolute Gasteiger partial charge is 0.133 e. The van der Waals surface area contributed by atoms with Crippen LogP contribution in [-0.2, 0) is 9.59 Å². The lowest BCUT2D eigenvalue weighted by molar-refractivity contribution is -0.120. The van der Waals surface area contributed by atoms with Crippen LogP contribution in [0.5, 0.6) is 0 Å². The molecule has 0 heterocycles. The molecule has 0 amide bonds. The summed E-state index contributed by atoms with van der Waals surface area (Å²) < 4.78 is 0. The average molecular weight is 477 g/mol. The molecule has 2 atom stereocenters. The zero-order chi connectivity index (χ0) is 24.7. The van der Waals surface area contributed by atoms with E-state index < -0.39 is 0 Å². The third-order valence-corrected chi connectivity index (χ3v) is 7.96. The predicted octanol–water partition coefficient (Wildman–Crippen LogP) is 10.6. The standard InChI is InChI=1S/2C16H30O/c2*1-15-12-10-8-6-4-2-3-5-7-9-11-13-16(17)14-15/h2*15H,2-14H2,1H3. The lowest BCUT2D eigenvalue weighted by atomic mass is 9.95. The molecule has 200 valence electrons. The molecule has 2 aliphatic rings. The molecule has 0 radical (unpaired) electrons. The maximum absolute atomic E-state index is 11.7. The van der Waals surface area contributed by atoms with Crippen molar-refractivity contribution in [2.24, 2.45) is 11.8 Å². The quantitative estimate of drug-likeness (QED) is 0.348. The van der Waals surface area contributed by atoms with E-state index in [0.717, 1.165) is 38.5 Å². The minimum Gasteiger partial charge on any atom is -0.300 e. The number of rotatable bonds is 0. The van der Waals surface area contributed by atoms with Crippen LogP contribution in [0.25, 0.3) is 0 Å². The van der Waals surface area contributed by atoms with Crippen molar-refractivity contribution < 1.29 is 9.59 Å². The third kappa shape index (κ3) is 20.7. The highest BCUT2D eigenvalue weighted by atomic mass is 16.1. The predicted molar refractivity (Wildman–Crippen MR) is 148 cm³/mol. The fourth-order valence-corrected chi connectivity index (χ4v) is 5.64. The Balaban J connectivity index is 0.000000340. The van der Waals surface area contributed by atoms with Crippen LogP contribution >= 0.6 is 0 Å². The van der Waals surface area contributed by atoms with Crippen molar-refractivity contribution in [2.75, 3.05) is 0 Å². The molecule has 34 heavy (non-hydrogen) atoms. The fourth-order valence-electron chi connectivity index (χ4n) is 5.64. The van der Waals surface area contributed by atoms with Gasteiger partial charge in [-0.1, -0.05) is 142 Å². The summed E-state index contributed by atoms with van der Waals surface area (Å²) >= 11 is 0. The van der Waals surface area contributed by atoms with Crippen molar-refractivity contribution in [1.29, 1.82) is 0 Å². The topological polar surface area (TPSA) is 34.1 Å². The van der Waals surface area contributed by atoms with E-state index in [4.69, 9.17) is 0 Å². The van der Waals surface area contributed by atoms with Gasteiger partial charge in [-0.3, -0.25) is 9.59 Å². The Labute approximate surface area is 213 Å². The van der Waals surface area contributed by atoms with Crippen molar-refractivity contribution in [3.05, 3.63) is 0 Å². The molecule has 0 aromatic heterocycles. The highest BCUT2D eigenvalue weighted by Gasteiger charge is 2.10. The van der Waals surface area contributed by atoms with Crippen LogP contribution in [0.3, 0.4) is 0 Å². The molecular formula is C32H60O2. The van der Waals surface area contributed by atoms with Gasteiger partial charge in [-0.25, -0.2) is 0 Å². The van der Waals surface area contributed by atoms with Gasteiger partial charge in [-0.15, -0.1) is 0 Å². The zero-order valence-corrected chi connectivity index (χ0v) is 23.4. The second-order valence-corrected chi connectivity index (χ2v) is 11.8. The second kappa shape index (κ2) is 22.8. The van der Waals surface area contributed by atoms with Gasteiger partial charge in [-0.05, 0) is 24.7 Å². The zero-order valence-electron chi connectivity index (χ0n) is 23.4. The monoisotopic (exact) mass is 476 g/mol. The van der Waals surface area contributed by atoms with Gasteiger partial charge in [0.1, 0.15) is 11.6 Å². The molecule has 2 rings (SSSR count). The fraction of sp³-hybridized carbons (Fsp3) is 0.938.